The van der Waals surface area contributed by atoms with Gasteiger partial charge in [-0.2, -0.15) is 0 Å². The third kappa shape index (κ3) is 3.76. The summed E-state index contributed by atoms with van der Waals surface area (Å²) >= 11 is 1.25. The number of aliphatic hydroxyl groups is 1. The number of aliphatic hydroxyl groups excluding tert-OH is 1. The number of hydrogen-bond acceptors (Lipinski definition) is 7. The Morgan fingerprint density at radius 2 is 2.18 bits per heavy atom. The zero-order valence-corrected chi connectivity index (χ0v) is 19.2. The number of Topliss-reactive ketones (excluding diaryl/α,β-unsaturated/α-hetero) is 1. The van der Waals surface area contributed by atoms with E-state index in [4.69, 9.17) is 9.47 Å². The van der Waals surface area contributed by atoms with Crippen LogP contribution in [0, 0.1) is 0 Å². The summed E-state index contributed by atoms with van der Waals surface area (Å²) in [5, 5.41) is 13.4. The number of thiazole rings is 1. The van der Waals surface area contributed by atoms with E-state index in [0.29, 0.717) is 35.0 Å². The lowest BCUT2D eigenvalue weighted by Crippen LogP contribution is -2.29. The van der Waals surface area contributed by atoms with Crippen molar-refractivity contribution in [2.45, 2.75) is 25.5 Å². The van der Waals surface area contributed by atoms with Crippen LogP contribution in [0.4, 0.5) is 5.13 Å². The quantitative estimate of drug-likeness (QED) is 0.242. The summed E-state index contributed by atoms with van der Waals surface area (Å²) in [6.45, 7) is 5.94. The molecule has 0 radical (unpaired) electrons. The van der Waals surface area contributed by atoms with Gasteiger partial charge in [0.25, 0.3) is 5.78 Å². The molecule has 3 aromatic rings. The molecule has 172 valence electrons. The summed E-state index contributed by atoms with van der Waals surface area (Å²) in [7, 11) is 0. The summed E-state index contributed by atoms with van der Waals surface area (Å²) in [6.07, 6.45) is 3.95. The predicted molar refractivity (Wildman–Crippen MR) is 129 cm³/mol. The van der Waals surface area contributed by atoms with Crippen molar-refractivity contribution in [1.82, 2.24) is 4.98 Å². The van der Waals surface area contributed by atoms with Gasteiger partial charge in [-0.25, -0.2) is 4.98 Å². The second kappa shape index (κ2) is 8.79. The van der Waals surface area contributed by atoms with Gasteiger partial charge in [-0.15, -0.1) is 11.3 Å². The van der Waals surface area contributed by atoms with Crippen molar-refractivity contribution in [2.24, 2.45) is 0 Å². The van der Waals surface area contributed by atoms with Crippen LogP contribution in [0.15, 0.2) is 72.3 Å². The van der Waals surface area contributed by atoms with Gasteiger partial charge in [-0.3, -0.25) is 14.5 Å². The van der Waals surface area contributed by atoms with Gasteiger partial charge in [-0.05, 0) is 48.4 Å². The van der Waals surface area contributed by atoms with Gasteiger partial charge in [-0.1, -0.05) is 24.8 Å². The number of anilines is 1. The van der Waals surface area contributed by atoms with Crippen molar-refractivity contribution in [1.29, 1.82) is 0 Å². The zero-order chi connectivity index (χ0) is 23.8. The second-order valence-corrected chi connectivity index (χ2v) is 8.98. The molecule has 7 nitrogen and oxygen atoms in total. The molecular formula is C26H22N2O5S. The maximum Gasteiger partial charge on any atom is 0.301 e. The van der Waals surface area contributed by atoms with Crippen LogP contribution < -0.4 is 14.4 Å². The molecule has 8 heteroatoms. The van der Waals surface area contributed by atoms with Crippen molar-refractivity contribution in [3.8, 4) is 11.5 Å². The maximum atomic E-state index is 13.3. The fourth-order valence-corrected chi connectivity index (χ4v) is 5.00. The summed E-state index contributed by atoms with van der Waals surface area (Å²) < 4.78 is 11.4. The Labute approximate surface area is 200 Å². The highest BCUT2D eigenvalue weighted by atomic mass is 32.1. The first-order chi connectivity index (χ1) is 16.5. The number of rotatable bonds is 6. The molecule has 2 aromatic carbocycles. The average molecular weight is 475 g/mol. The number of ketones is 1. The fourth-order valence-electron chi connectivity index (χ4n) is 4.33. The lowest BCUT2D eigenvalue weighted by molar-refractivity contribution is -0.132. The van der Waals surface area contributed by atoms with Crippen LogP contribution >= 0.6 is 11.3 Å². The molecular weight excluding hydrogens is 452 g/mol. The summed E-state index contributed by atoms with van der Waals surface area (Å²) in [6, 6.07) is 11.5. The molecule has 34 heavy (non-hydrogen) atoms. The predicted octanol–water partition coefficient (Wildman–Crippen LogP) is 4.66. The minimum absolute atomic E-state index is 0.00739. The van der Waals surface area contributed by atoms with Crippen LogP contribution in [0.25, 0.3) is 5.76 Å². The first kappa shape index (κ1) is 21.9. The van der Waals surface area contributed by atoms with Crippen molar-refractivity contribution in [2.75, 3.05) is 11.5 Å². The number of aromatic nitrogens is 1. The molecule has 0 bridgehead atoms. The van der Waals surface area contributed by atoms with Crippen molar-refractivity contribution in [3.05, 3.63) is 89.0 Å². The Hall–Kier alpha value is -3.91. The molecule has 0 saturated carbocycles. The minimum atomic E-state index is -0.859. The van der Waals surface area contributed by atoms with Gasteiger partial charge in [0, 0.05) is 23.6 Å². The lowest BCUT2D eigenvalue weighted by Gasteiger charge is -2.23. The van der Waals surface area contributed by atoms with Gasteiger partial charge in [0.2, 0.25) is 0 Å². The highest BCUT2D eigenvalue weighted by Gasteiger charge is 2.48. The minimum Gasteiger partial charge on any atom is -0.507 e. The van der Waals surface area contributed by atoms with Gasteiger partial charge < -0.3 is 14.6 Å². The van der Waals surface area contributed by atoms with Crippen molar-refractivity contribution in [3.63, 3.8) is 0 Å². The molecule has 1 aromatic heterocycles. The first-order valence-corrected chi connectivity index (χ1v) is 11.7. The zero-order valence-electron chi connectivity index (χ0n) is 18.4. The molecule has 2 atom stereocenters. The lowest BCUT2D eigenvalue weighted by atomic mass is 9.94. The largest absolute Gasteiger partial charge is 0.507 e. The number of nitrogens with zero attached hydrogens (tertiary/aromatic N) is 2. The Morgan fingerprint density at radius 3 is 2.94 bits per heavy atom. The van der Waals surface area contributed by atoms with Crippen molar-refractivity contribution >= 4 is 33.9 Å². The Bertz CT molecular complexity index is 1310. The third-order valence-corrected chi connectivity index (χ3v) is 6.55. The van der Waals surface area contributed by atoms with E-state index in [1.807, 2.05) is 13.0 Å². The highest BCUT2D eigenvalue weighted by Crippen LogP contribution is 2.44. The van der Waals surface area contributed by atoms with E-state index in [1.165, 1.54) is 16.2 Å². The van der Waals surface area contributed by atoms with E-state index in [0.717, 1.165) is 11.3 Å². The molecule has 1 N–H and O–H groups in total. The SMILES string of the molecule is C=CCOc1cccc([C@H]2C(=C(O)c3ccc4c(c3)C[C@@H](C)O4)C(=O)C(=O)N2c2nccs2)c1. The van der Waals surface area contributed by atoms with Crippen LogP contribution in [0.2, 0.25) is 0 Å². The fraction of sp³-hybridized carbons (Fsp3) is 0.192. The van der Waals surface area contributed by atoms with Gasteiger partial charge >= 0.3 is 5.91 Å². The van der Waals surface area contributed by atoms with E-state index < -0.39 is 17.7 Å². The first-order valence-electron chi connectivity index (χ1n) is 10.8. The number of ether oxygens (including phenoxy) is 2. The van der Waals surface area contributed by atoms with Gasteiger partial charge in [0.1, 0.15) is 30.0 Å². The Morgan fingerprint density at radius 1 is 1.32 bits per heavy atom. The molecule has 2 aliphatic rings. The van der Waals surface area contributed by atoms with Crippen LogP contribution in [-0.4, -0.2) is 34.5 Å². The number of carbonyl (C=O) groups excluding carboxylic acids is 2. The molecule has 0 spiro atoms. The maximum absolute atomic E-state index is 13.3. The number of amides is 1. The Balaban J connectivity index is 1.66. The van der Waals surface area contributed by atoms with Gasteiger partial charge in [0.15, 0.2) is 5.13 Å². The summed E-state index contributed by atoms with van der Waals surface area (Å²) in [5.41, 5.74) is 2.03. The number of benzene rings is 2. The average Bonchev–Trinajstić information content (AvgIpc) is 3.55. The molecule has 1 saturated heterocycles. The second-order valence-electron chi connectivity index (χ2n) is 8.11. The number of hydrogen-bond donors (Lipinski definition) is 1. The molecule has 1 fully saturated rings. The summed E-state index contributed by atoms with van der Waals surface area (Å²) in [4.78, 5) is 32.0. The van der Waals surface area contributed by atoms with Gasteiger partial charge in [0.05, 0.1) is 11.6 Å². The van der Waals surface area contributed by atoms with Crippen LogP contribution in [-0.2, 0) is 16.0 Å². The monoisotopic (exact) mass is 474 g/mol. The van der Waals surface area contributed by atoms with E-state index in [2.05, 4.69) is 11.6 Å². The van der Waals surface area contributed by atoms with Crippen molar-refractivity contribution < 1.29 is 24.2 Å². The van der Waals surface area contributed by atoms with E-state index >= 15 is 0 Å². The number of carbonyl (C=O) groups is 2. The Kier molecular flexibility index (Phi) is 5.67. The molecule has 3 heterocycles. The molecule has 0 unspecified atom stereocenters. The summed E-state index contributed by atoms with van der Waals surface area (Å²) in [5.74, 6) is -0.416. The van der Waals surface area contributed by atoms with E-state index in [9.17, 15) is 14.7 Å². The van der Waals surface area contributed by atoms with Crippen LogP contribution in [0.1, 0.15) is 29.7 Å². The topological polar surface area (TPSA) is 89.0 Å². The van der Waals surface area contributed by atoms with Crippen LogP contribution in [0.5, 0.6) is 11.5 Å². The molecule has 2 aliphatic heterocycles. The highest BCUT2D eigenvalue weighted by molar-refractivity contribution is 7.14. The van der Waals surface area contributed by atoms with E-state index in [1.54, 1.807) is 54.1 Å². The third-order valence-electron chi connectivity index (χ3n) is 5.78. The molecule has 5 rings (SSSR count). The normalized spacial score (nSPS) is 20.8. The molecule has 1 amide bonds. The van der Waals surface area contributed by atoms with E-state index in [-0.39, 0.29) is 17.4 Å². The number of fused-ring (bicyclic) bond motifs is 1. The standard InChI is InChI=1S/C26H22N2O5S/c1-3-10-32-19-6-4-5-16(14-19)22-21(24(30)25(31)28(22)26-27-9-11-34-26)23(29)17-7-8-20-18(13-17)12-15(2)33-20/h3-9,11,13-15,22,29H,1,10,12H2,2H3/t15-,22+/m1/s1. The van der Waals surface area contributed by atoms with Crippen LogP contribution in [0.3, 0.4) is 0 Å². The smallest absolute Gasteiger partial charge is 0.301 e. The molecule has 0 aliphatic carbocycles.